The Labute approximate surface area is 79.7 Å². The molecule has 1 aliphatic carbocycles. The minimum absolute atomic E-state index is 0.425. The molecule has 74 valence electrons. The Balaban J connectivity index is 2.22. The van der Waals surface area contributed by atoms with Gasteiger partial charge in [0, 0.05) is 19.3 Å². The van der Waals surface area contributed by atoms with E-state index in [4.69, 9.17) is 0 Å². The van der Waals surface area contributed by atoms with Crippen LogP contribution in [0.2, 0.25) is 0 Å². The molecule has 1 saturated carbocycles. The molecule has 0 radical (unpaired) electrons. The van der Waals surface area contributed by atoms with Crippen molar-refractivity contribution in [1.29, 1.82) is 0 Å². The number of rotatable bonds is 4. The Hall–Kier alpha value is -0.660. The van der Waals surface area contributed by atoms with E-state index in [1.165, 1.54) is 12.8 Å². The molecule has 0 bridgehead atoms. The van der Waals surface area contributed by atoms with Crippen molar-refractivity contribution >= 4 is 12.1 Å². The molecule has 0 aromatic carbocycles. The molecule has 0 heterocycles. The maximum atomic E-state index is 11.3. The zero-order valence-corrected chi connectivity index (χ0v) is 8.13. The summed E-state index contributed by atoms with van der Waals surface area (Å²) in [5.41, 5.74) is 0. The first-order chi connectivity index (χ1) is 6.33. The lowest BCUT2D eigenvalue weighted by atomic mass is 9.94. The molecule has 1 rings (SSSR count). The van der Waals surface area contributed by atoms with Gasteiger partial charge in [-0.15, -0.1) is 0 Å². The van der Waals surface area contributed by atoms with Gasteiger partial charge >= 0.3 is 0 Å². The van der Waals surface area contributed by atoms with Crippen LogP contribution in [-0.2, 0) is 9.59 Å². The quantitative estimate of drug-likeness (QED) is 0.380. The fourth-order valence-corrected chi connectivity index (χ4v) is 2.02. The molecule has 1 fully saturated rings. The van der Waals surface area contributed by atoms with Gasteiger partial charge in [-0.1, -0.05) is 12.8 Å². The van der Waals surface area contributed by atoms with Gasteiger partial charge in [0.1, 0.15) is 12.1 Å². The summed E-state index contributed by atoms with van der Waals surface area (Å²) in [6.45, 7) is 0. The van der Waals surface area contributed by atoms with E-state index >= 15 is 0 Å². The molecule has 0 unspecified atom stereocenters. The maximum absolute atomic E-state index is 11.3. The summed E-state index contributed by atoms with van der Waals surface area (Å²) in [5.74, 6) is 0.989. The second-order valence-corrected chi connectivity index (χ2v) is 3.95. The minimum atomic E-state index is 0.425. The molecule has 1 atom stereocenters. The predicted octanol–water partition coefficient (Wildman–Crippen LogP) is 2.51. The monoisotopic (exact) mass is 182 g/mol. The van der Waals surface area contributed by atoms with Gasteiger partial charge in [0.05, 0.1) is 0 Å². The standard InChI is InChI=1S/C11H18O2/c12-8-4-3-6-10-5-1-2-7-11(13)9-10/h8,10H,1-7,9H2/t10-/m0/s1. The Morgan fingerprint density at radius 2 is 2.23 bits per heavy atom. The number of aldehydes is 1. The highest BCUT2D eigenvalue weighted by atomic mass is 16.1. The molecule has 0 aromatic rings. The highest BCUT2D eigenvalue weighted by Crippen LogP contribution is 2.24. The SMILES string of the molecule is O=CCCC[C@@H]1CCCCC(=O)C1. The summed E-state index contributed by atoms with van der Waals surface area (Å²) in [6, 6.07) is 0. The van der Waals surface area contributed by atoms with Gasteiger partial charge in [0.2, 0.25) is 0 Å². The minimum Gasteiger partial charge on any atom is -0.303 e. The third-order valence-electron chi connectivity index (χ3n) is 2.77. The van der Waals surface area contributed by atoms with Crippen LogP contribution in [0.5, 0.6) is 0 Å². The first-order valence-corrected chi connectivity index (χ1v) is 5.28. The molecule has 0 spiro atoms. The van der Waals surface area contributed by atoms with E-state index in [1.807, 2.05) is 0 Å². The zero-order valence-electron chi connectivity index (χ0n) is 8.13. The second-order valence-electron chi connectivity index (χ2n) is 3.95. The molecule has 0 aromatic heterocycles. The van der Waals surface area contributed by atoms with Crippen LogP contribution in [0.4, 0.5) is 0 Å². The Morgan fingerprint density at radius 3 is 3.00 bits per heavy atom. The average Bonchev–Trinajstić information content (AvgIpc) is 2.31. The number of Topliss-reactive ketones (excluding diaryl/α,β-unsaturated/α-hetero) is 1. The van der Waals surface area contributed by atoms with Crippen LogP contribution >= 0.6 is 0 Å². The Bertz CT molecular complexity index is 175. The van der Waals surface area contributed by atoms with Crippen molar-refractivity contribution in [1.82, 2.24) is 0 Å². The molecular weight excluding hydrogens is 164 g/mol. The predicted molar refractivity (Wildman–Crippen MR) is 51.5 cm³/mol. The van der Waals surface area contributed by atoms with Crippen LogP contribution in [0.15, 0.2) is 0 Å². The van der Waals surface area contributed by atoms with E-state index in [-0.39, 0.29) is 0 Å². The molecule has 0 N–H and O–H groups in total. The largest absolute Gasteiger partial charge is 0.303 e. The van der Waals surface area contributed by atoms with Gasteiger partial charge in [0.25, 0.3) is 0 Å². The summed E-state index contributed by atoms with van der Waals surface area (Å²) in [6.07, 6.45) is 8.64. The summed E-state index contributed by atoms with van der Waals surface area (Å²) in [4.78, 5) is 21.4. The van der Waals surface area contributed by atoms with Gasteiger partial charge < -0.3 is 4.79 Å². The van der Waals surface area contributed by atoms with Gasteiger partial charge in [-0.3, -0.25) is 4.79 Å². The summed E-state index contributed by atoms with van der Waals surface area (Å²) < 4.78 is 0. The number of unbranched alkanes of at least 4 members (excludes halogenated alkanes) is 1. The van der Waals surface area contributed by atoms with E-state index in [9.17, 15) is 9.59 Å². The summed E-state index contributed by atoms with van der Waals surface area (Å²) >= 11 is 0. The first-order valence-electron chi connectivity index (χ1n) is 5.28. The van der Waals surface area contributed by atoms with Crippen molar-refractivity contribution in [2.45, 2.75) is 51.4 Å². The molecule has 13 heavy (non-hydrogen) atoms. The molecule has 2 heteroatoms. The average molecular weight is 182 g/mol. The molecule has 1 aliphatic rings. The van der Waals surface area contributed by atoms with Crippen molar-refractivity contribution in [3.63, 3.8) is 0 Å². The third kappa shape index (κ3) is 4.20. The van der Waals surface area contributed by atoms with Crippen molar-refractivity contribution < 1.29 is 9.59 Å². The van der Waals surface area contributed by atoms with Crippen molar-refractivity contribution in [3.05, 3.63) is 0 Å². The fourth-order valence-electron chi connectivity index (χ4n) is 2.02. The van der Waals surface area contributed by atoms with Crippen molar-refractivity contribution in [3.8, 4) is 0 Å². The Kier molecular flexibility index (Phi) is 4.73. The first kappa shape index (κ1) is 10.4. The highest BCUT2D eigenvalue weighted by Gasteiger charge is 2.16. The van der Waals surface area contributed by atoms with Gasteiger partial charge in [0.15, 0.2) is 0 Å². The topological polar surface area (TPSA) is 34.1 Å². The van der Waals surface area contributed by atoms with E-state index in [0.29, 0.717) is 18.1 Å². The van der Waals surface area contributed by atoms with E-state index < -0.39 is 0 Å². The molecular formula is C11H18O2. The maximum Gasteiger partial charge on any atom is 0.133 e. The zero-order chi connectivity index (χ0) is 9.52. The van der Waals surface area contributed by atoms with Crippen molar-refractivity contribution in [2.24, 2.45) is 5.92 Å². The number of hydrogen-bond donors (Lipinski definition) is 0. The fraction of sp³-hybridized carbons (Fsp3) is 0.818. The van der Waals surface area contributed by atoms with Crippen LogP contribution < -0.4 is 0 Å². The summed E-state index contributed by atoms with van der Waals surface area (Å²) in [5, 5.41) is 0. The number of carbonyl (C=O) groups is 2. The second kappa shape index (κ2) is 5.90. The van der Waals surface area contributed by atoms with Crippen molar-refractivity contribution in [2.75, 3.05) is 0 Å². The van der Waals surface area contributed by atoms with Crippen LogP contribution in [0.1, 0.15) is 51.4 Å². The van der Waals surface area contributed by atoms with Crippen LogP contribution in [0.25, 0.3) is 0 Å². The molecule has 0 saturated heterocycles. The summed E-state index contributed by atoms with van der Waals surface area (Å²) in [7, 11) is 0. The van der Waals surface area contributed by atoms with Crippen LogP contribution in [0.3, 0.4) is 0 Å². The number of hydrogen-bond acceptors (Lipinski definition) is 2. The normalized spacial score (nSPS) is 24.0. The van der Waals surface area contributed by atoms with Gasteiger partial charge in [-0.05, 0) is 25.2 Å². The molecule has 0 amide bonds. The van der Waals surface area contributed by atoms with E-state index in [0.717, 1.165) is 38.4 Å². The lowest BCUT2D eigenvalue weighted by Gasteiger charge is -2.11. The highest BCUT2D eigenvalue weighted by molar-refractivity contribution is 5.78. The lowest BCUT2D eigenvalue weighted by molar-refractivity contribution is -0.119. The third-order valence-corrected chi connectivity index (χ3v) is 2.77. The van der Waals surface area contributed by atoms with E-state index in [1.54, 1.807) is 0 Å². The lowest BCUT2D eigenvalue weighted by Crippen LogP contribution is -2.05. The van der Waals surface area contributed by atoms with Gasteiger partial charge in [-0.25, -0.2) is 0 Å². The smallest absolute Gasteiger partial charge is 0.133 e. The number of carbonyl (C=O) groups excluding carboxylic acids is 2. The Morgan fingerprint density at radius 1 is 1.38 bits per heavy atom. The van der Waals surface area contributed by atoms with Gasteiger partial charge in [-0.2, -0.15) is 0 Å². The van der Waals surface area contributed by atoms with Crippen LogP contribution in [0, 0.1) is 5.92 Å². The number of ketones is 1. The molecule has 2 nitrogen and oxygen atoms in total. The van der Waals surface area contributed by atoms with Crippen LogP contribution in [-0.4, -0.2) is 12.1 Å². The molecule has 0 aliphatic heterocycles. The van der Waals surface area contributed by atoms with E-state index in [2.05, 4.69) is 0 Å².